The number of Topliss-reactive ketones (excluding diaryl/α,β-unsaturated/α-hetero) is 1. The standard InChI is InChI=1S/C15H20O2/c1-10-7-8-11(15(2,3)4)14-13(10)12(16)6-5-9-17-14/h7-8H,5-6,9H2,1-4H3. The minimum absolute atomic E-state index is 0.00238. The van der Waals surface area contributed by atoms with Gasteiger partial charge in [0.1, 0.15) is 5.75 Å². The van der Waals surface area contributed by atoms with Gasteiger partial charge in [0.15, 0.2) is 5.78 Å². The van der Waals surface area contributed by atoms with Gasteiger partial charge < -0.3 is 4.74 Å². The lowest BCUT2D eigenvalue weighted by atomic mass is 9.83. The van der Waals surface area contributed by atoms with Crippen molar-refractivity contribution in [2.24, 2.45) is 0 Å². The molecule has 1 aliphatic heterocycles. The van der Waals surface area contributed by atoms with Crippen LogP contribution in [0.5, 0.6) is 5.75 Å². The fraction of sp³-hybridized carbons (Fsp3) is 0.533. The van der Waals surface area contributed by atoms with Crippen LogP contribution in [0.2, 0.25) is 0 Å². The van der Waals surface area contributed by atoms with Gasteiger partial charge in [0.25, 0.3) is 0 Å². The normalized spacial score (nSPS) is 16.1. The Balaban J connectivity index is 2.67. The average Bonchev–Trinajstić information content (AvgIpc) is 2.40. The van der Waals surface area contributed by atoms with E-state index in [2.05, 4.69) is 26.8 Å². The SMILES string of the molecule is Cc1ccc(C(C)(C)C)c2c1C(=O)CCCO2. The summed E-state index contributed by atoms with van der Waals surface area (Å²) in [5.74, 6) is 1.04. The van der Waals surface area contributed by atoms with E-state index in [4.69, 9.17) is 4.74 Å². The predicted molar refractivity (Wildman–Crippen MR) is 68.9 cm³/mol. The first-order valence-corrected chi connectivity index (χ1v) is 6.21. The first kappa shape index (κ1) is 12.2. The number of rotatable bonds is 0. The fourth-order valence-corrected chi connectivity index (χ4v) is 2.30. The lowest BCUT2D eigenvalue weighted by Crippen LogP contribution is -2.15. The van der Waals surface area contributed by atoms with Crippen molar-refractivity contribution in [3.8, 4) is 5.75 Å². The van der Waals surface area contributed by atoms with Gasteiger partial charge in [0.05, 0.1) is 12.2 Å². The molecule has 2 heteroatoms. The van der Waals surface area contributed by atoms with E-state index in [9.17, 15) is 4.79 Å². The quantitative estimate of drug-likeness (QED) is 0.682. The molecule has 0 aromatic heterocycles. The molecule has 0 radical (unpaired) electrons. The third kappa shape index (κ3) is 2.21. The third-order valence-electron chi connectivity index (χ3n) is 3.25. The summed E-state index contributed by atoms with van der Waals surface area (Å²) in [7, 11) is 0. The van der Waals surface area contributed by atoms with E-state index in [0.29, 0.717) is 13.0 Å². The summed E-state index contributed by atoms with van der Waals surface area (Å²) in [5.41, 5.74) is 2.96. The number of hydrogen-bond donors (Lipinski definition) is 0. The van der Waals surface area contributed by atoms with Gasteiger partial charge in [0.2, 0.25) is 0 Å². The van der Waals surface area contributed by atoms with E-state index >= 15 is 0 Å². The van der Waals surface area contributed by atoms with E-state index in [1.165, 1.54) is 0 Å². The van der Waals surface area contributed by atoms with Crippen LogP contribution in [0.25, 0.3) is 0 Å². The molecule has 0 fully saturated rings. The number of ketones is 1. The molecule has 0 saturated carbocycles. The summed E-state index contributed by atoms with van der Waals surface area (Å²) in [6.07, 6.45) is 1.41. The predicted octanol–water partition coefficient (Wildman–Crippen LogP) is 3.65. The Morgan fingerprint density at radius 1 is 1.24 bits per heavy atom. The zero-order chi connectivity index (χ0) is 12.6. The molecule has 0 N–H and O–H groups in total. The highest BCUT2D eigenvalue weighted by atomic mass is 16.5. The Bertz CT molecular complexity index is 453. The van der Waals surface area contributed by atoms with Crippen molar-refractivity contribution in [1.82, 2.24) is 0 Å². The lowest BCUT2D eigenvalue weighted by molar-refractivity contribution is 0.0982. The van der Waals surface area contributed by atoms with Gasteiger partial charge in [0, 0.05) is 12.0 Å². The first-order valence-electron chi connectivity index (χ1n) is 6.21. The molecule has 0 amide bonds. The third-order valence-corrected chi connectivity index (χ3v) is 3.25. The van der Waals surface area contributed by atoms with Gasteiger partial charge in [-0.3, -0.25) is 4.79 Å². The number of carbonyl (C=O) groups is 1. The van der Waals surface area contributed by atoms with Crippen LogP contribution in [0.4, 0.5) is 0 Å². The molecule has 0 spiro atoms. The van der Waals surface area contributed by atoms with Crippen molar-refractivity contribution in [3.63, 3.8) is 0 Å². The van der Waals surface area contributed by atoms with Crippen LogP contribution >= 0.6 is 0 Å². The van der Waals surface area contributed by atoms with Crippen molar-refractivity contribution in [1.29, 1.82) is 0 Å². The van der Waals surface area contributed by atoms with Crippen molar-refractivity contribution >= 4 is 5.78 Å². The van der Waals surface area contributed by atoms with Gasteiger partial charge in [-0.25, -0.2) is 0 Å². The fourth-order valence-electron chi connectivity index (χ4n) is 2.30. The van der Waals surface area contributed by atoms with Crippen molar-refractivity contribution < 1.29 is 9.53 Å². The van der Waals surface area contributed by atoms with Crippen LogP contribution < -0.4 is 4.74 Å². The van der Waals surface area contributed by atoms with Gasteiger partial charge in [-0.2, -0.15) is 0 Å². The van der Waals surface area contributed by atoms with E-state index in [0.717, 1.165) is 28.9 Å². The van der Waals surface area contributed by atoms with Gasteiger partial charge in [-0.05, 0) is 24.3 Å². The van der Waals surface area contributed by atoms with Crippen molar-refractivity contribution in [2.75, 3.05) is 6.61 Å². The Kier molecular flexibility index (Phi) is 2.98. The second-order valence-electron chi connectivity index (χ2n) is 5.76. The maximum Gasteiger partial charge on any atom is 0.167 e. The maximum atomic E-state index is 12.1. The van der Waals surface area contributed by atoms with Crippen LogP contribution in [0.1, 0.15) is 55.1 Å². The van der Waals surface area contributed by atoms with E-state index < -0.39 is 0 Å². The molecule has 17 heavy (non-hydrogen) atoms. The molecule has 1 heterocycles. The second kappa shape index (κ2) is 4.17. The van der Waals surface area contributed by atoms with Crippen LogP contribution in [-0.4, -0.2) is 12.4 Å². The monoisotopic (exact) mass is 232 g/mol. The highest BCUT2D eigenvalue weighted by Crippen LogP contribution is 2.37. The van der Waals surface area contributed by atoms with Crippen molar-refractivity contribution in [3.05, 3.63) is 28.8 Å². The maximum absolute atomic E-state index is 12.1. The summed E-state index contributed by atoms with van der Waals surface area (Å²) in [6, 6.07) is 4.12. The van der Waals surface area contributed by atoms with Crippen LogP contribution in [0, 0.1) is 6.92 Å². The Labute approximate surface area is 103 Å². The number of benzene rings is 1. The largest absolute Gasteiger partial charge is 0.492 e. The van der Waals surface area contributed by atoms with E-state index in [1.807, 2.05) is 13.0 Å². The first-order chi connectivity index (χ1) is 7.91. The minimum atomic E-state index is 0.00238. The topological polar surface area (TPSA) is 26.3 Å². The molecule has 0 unspecified atom stereocenters. The Morgan fingerprint density at radius 2 is 1.94 bits per heavy atom. The molecular formula is C15H20O2. The molecule has 2 nitrogen and oxygen atoms in total. The molecule has 2 rings (SSSR count). The minimum Gasteiger partial charge on any atom is -0.492 e. The highest BCUT2D eigenvalue weighted by molar-refractivity contribution is 6.00. The highest BCUT2D eigenvalue weighted by Gasteiger charge is 2.27. The van der Waals surface area contributed by atoms with E-state index in [-0.39, 0.29) is 11.2 Å². The molecule has 0 bridgehead atoms. The Morgan fingerprint density at radius 3 is 2.59 bits per heavy atom. The number of hydrogen-bond acceptors (Lipinski definition) is 2. The molecule has 1 aromatic rings. The summed E-state index contributed by atoms with van der Waals surface area (Å²) in [6.45, 7) is 9.08. The van der Waals surface area contributed by atoms with Crippen LogP contribution in [0.3, 0.4) is 0 Å². The molecular weight excluding hydrogens is 212 g/mol. The Hall–Kier alpha value is -1.31. The summed E-state index contributed by atoms with van der Waals surface area (Å²) in [4.78, 5) is 12.1. The number of carbonyl (C=O) groups excluding carboxylic acids is 1. The zero-order valence-electron chi connectivity index (χ0n) is 11.1. The number of aryl methyl sites for hydroxylation is 1. The van der Waals surface area contributed by atoms with Gasteiger partial charge in [-0.1, -0.05) is 32.9 Å². The van der Waals surface area contributed by atoms with Crippen LogP contribution in [0.15, 0.2) is 12.1 Å². The smallest absolute Gasteiger partial charge is 0.167 e. The summed E-state index contributed by atoms with van der Waals surface area (Å²) in [5, 5.41) is 0. The van der Waals surface area contributed by atoms with Gasteiger partial charge >= 0.3 is 0 Å². The number of ether oxygens (including phenoxy) is 1. The number of fused-ring (bicyclic) bond motifs is 1. The van der Waals surface area contributed by atoms with E-state index in [1.54, 1.807) is 0 Å². The molecule has 92 valence electrons. The van der Waals surface area contributed by atoms with Crippen molar-refractivity contribution in [2.45, 2.75) is 46.0 Å². The zero-order valence-corrected chi connectivity index (χ0v) is 11.1. The molecule has 1 aliphatic rings. The van der Waals surface area contributed by atoms with Crippen LogP contribution in [-0.2, 0) is 5.41 Å². The molecule has 0 aliphatic carbocycles. The molecule has 0 saturated heterocycles. The molecule has 0 atom stereocenters. The lowest BCUT2D eigenvalue weighted by Gasteiger charge is -2.24. The summed E-state index contributed by atoms with van der Waals surface area (Å²) < 4.78 is 5.84. The van der Waals surface area contributed by atoms with Gasteiger partial charge in [-0.15, -0.1) is 0 Å². The molecule has 1 aromatic carbocycles. The summed E-state index contributed by atoms with van der Waals surface area (Å²) >= 11 is 0. The average molecular weight is 232 g/mol. The second-order valence-corrected chi connectivity index (χ2v) is 5.76.